The predicted molar refractivity (Wildman–Crippen MR) is 68.5 cm³/mol. The molecular weight excluding hydrogens is 254 g/mol. The van der Waals surface area contributed by atoms with Crippen LogP contribution in [0.2, 0.25) is 0 Å². The molecule has 0 saturated carbocycles. The quantitative estimate of drug-likeness (QED) is 0.568. The number of aliphatic hydroxyl groups excluding tert-OH is 4. The average Bonchev–Trinajstić information content (AvgIpc) is 2.86. The van der Waals surface area contributed by atoms with Crippen molar-refractivity contribution in [1.29, 1.82) is 0 Å². The van der Waals surface area contributed by atoms with Gasteiger partial charge in [0.15, 0.2) is 0 Å². The molecule has 1 fully saturated rings. The van der Waals surface area contributed by atoms with E-state index in [1.807, 2.05) is 22.4 Å². The highest BCUT2D eigenvalue weighted by Crippen LogP contribution is 2.20. The fraction of sp³-hybridized carbons (Fsp3) is 0.667. The zero-order chi connectivity index (χ0) is 13.1. The van der Waals surface area contributed by atoms with Crippen molar-refractivity contribution in [3.05, 3.63) is 22.4 Å². The number of nitrogens with zero attached hydrogens (tertiary/aromatic N) is 1. The van der Waals surface area contributed by atoms with E-state index in [4.69, 9.17) is 0 Å². The lowest BCUT2D eigenvalue weighted by Crippen LogP contribution is -2.62. The second-order valence-corrected chi connectivity index (χ2v) is 5.65. The van der Waals surface area contributed by atoms with Gasteiger partial charge < -0.3 is 20.4 Å². The summed E-state index contributed by atoms with van der Waals surface area (Å²) >= 11 is 1.66. The van der Waals surface area contributed by atoms with Crippen LogP contribution in [0.1, 0.15) is 4.88 Å². The van der Waals surface area contributed by atoms with E-state index in [-0.39, 0.29) is 13.2 Å². The SMILES string of the molecule is OC[C@H]1C(O)C(O)C(O)CN1CCc1cccs1. The Bertz CT molecular complexity index is 359. The topological polar surface area (TPSA) is 84.2 Å². The van der Waals surface area contributed by atoms with Crippen molar-refractivity contribution in [3.63, 3.8) is 0 Å². The second kappa shape index (κ2) is 6.10. The first-order chi connectivity index (χ1) is 8.63. The van der Waals surface area contributed by atoms with Gasteiger partial charge in [0.1, 0.15) is 12.2 Å². The number of aliphatic hydroxyl groups is 4. The molecule has 1 aromatic heterocycles. The molecule has 0 aromatic carbocycles. The van der Waals surface area contributed by atoms with E-state index in [0.717, 1.165) is 6.42 Å². The van der Waals surface area contributed by atoms with Gasteiger partial charge in [-0.05, 0) is 17.9 Å². The molecule has 0 bridgehead atoms. The molecule has 4 atom stereocenters. The first-order valence-corrected chi connectivity index (χ1v) is 6.93. The minimum absolute atomic E-state index is 0.227. The monoisotopic (exact) mass is 273 g/mol. The number of likely N-dealkylation sites (tertiary alicyclic amines) is 1. The third-order valence-corrected chi connectivity index (χ3v) is 4.38. The minimum Gasteiger partial charge on any atom is -0.395 e. The molecule has 0 radical (unpaired) electrons. The molecule has 4 N–H and O–H groups in total. The van der Waals surface area contributed by atoms with Gasteiger partial charge in [-0.2, -0.15) is 0 Å². The van der Waals surface area contributed by atoms with Crippen molar-refractivity contribution in [3.8, 4) is 0 Å². The molecule has 1 aromatic rings. The highest BCUT2D eigenvalue weighted by atomic mass is 32.1. The van der Waals surface area contributed by atoms with Crippen LogP contribution in [0.25, 0.3) is 0 Å². The number of β-amino-alcohol motifs (C(OH)–C–C–N with tert-alkyl or cyclic N) is 1. The number of hydrogen-bond acceptors (Lipinski definition) is 6. The van der Waals surface area contributed by atoms with E-state index >= 15 is 0 Å². The lowest BCUT2D eigenvalue weighted by atomic mass is 9.94. The van der Waals surface area contributed by atoms with Gasteiger partial charge in [-0.3, -0.25) is 4.90 Å². The first kappa shape index (κ1) is 13.9. The smallest absolute Gasteiger partial charge is 0.109 e. The summed E-state index contributed by atoms with van der Waals surface area (Å²) in [6.45, 7) is 0.691. The molecule has 3 unspecified atom stereocenters. The summed E-state index contributed by atoms with van der Waals surface area (Å²) in [7, 11) is 0. The summed E-state index contributed by atoms with van der Waals surface area (Å²) in [5, 5.41) is 40.4. The Morgan fingerprint density at radius 2 is 2.06 bits per heavy atom. The summed E-state index contributed by atoms with van der Waals surface area (Å²) in [5.41, 5.74) is 0. The summed E-state index contributed by atoms with van der Waals surface area (Å²) in [4.78, 5) is 3.06. The Labute approximate surface area is 110 Å². The van der Waals surface area contributed by atoms with E-state index in [9.17, 15) is 20.4 Å². The molecule has 0 aliphatic carbocycles. The standard InChI is InChI=1S/C12H19NO4S/c14-7-9-11(16)12(17)10(15)6-13(9)4-3-8-2-1-5-18-8/h1-2,5,9-12,14-17H,3-4,6-7H2/t9-,10?,11?,12?/m0/s1. The van der Waals surface area contributed by atoms with Gasteiger partial charge in [0, 0.05) is 18.0 Å². The summed E-state index contributed by atoms with van der Waals surface area (Å²) < 4.78 is 0. The largest absolute Gasteiger partial charge is 0.395 e. The van der Waals surface area contributed by atoms with Crippen molar-refractivity contribution in [2.24, 2.45) is 0 Å². The Morgan fingerprint density at radius 3 is 2.67 bits per heavy atom. The maximum Gasteiger partial charge on any atom is 0.109 e. The van der Waals surface area contributed by atoms with Gasteiger partial charge >= 0.3 is 0 Å². The molecule has 2 rings (SSSR count). The molecule has 0 amide bonds. The number of piperidine rings is 1. The van der Waals surface area contributed by atoms with Crippen LogP contribution in [0.5, 0.6) is 0 Å². The number of thiophene rings is 1. The highest BCUT2D eigenvalue weighted by molar-refractivity contribution is 7.09. The van der Waals surface area contributed by atoms with Gasteiger partial charge in [-0.1, -0.05) is 6.07 Å². The molecule has 1 saturated heterocycles. The van der Waals surface area contributed by atoms with Crippen LogP contribution in [0.4, 0.5) is 0 Å². The van der Waals surface area contributed by atoms with Crippen LogP contribution in [0.3, 0.4) is 0 Å². The van der Waals surface area contributed by atoms with E-state index in [0.29, 0.717) is 6.54 Å². The van der Waals surface area contributed by atoms with Crippen LogP contribution in [-0.4, -0.2) is 69.4 Å². The van der Waals surface area contributed by atoms with Crippen LogP contribution in [0, 0.1) is 0 Å². The minimum atomic E-state index is -1.18. The Balaban J connectivity index is 1.97. The van der Waals surface area contributed by atoms with Crippen LogP contribution < -0.4 is 0 Å². The van der Waals surface area contributed by atoms with Crippen molar-refractivity contribution in [2.75, 3.05) is 19.7 Å². The van der Waals surface area contributed by atoms with Crippen LogP contribution in [-0.2, 0) is 6.42 Å². The van der Waals surface area contributed by atoms with Crippen molar-refractivity contribution in [1.82, 2.24) is 4.90 Å². The van der Waals surface area contributed by atoms with Gasteiger partial charge in [-0.25, -0.2) is 0 Å². The molecule has 0 spiro atoms. The molecule has 2 heterocycles. The van der Waals surface area contributed by atoms with Gasteiger partial charge in [-0.15, -0.1) is 11.3 Å². The third-order valence-electron chi connectivity index (χ3n) is 3.44. The van der Waals surface area contributed by atoms with Crippen LogP contribution >= 0.6 is 11.3 Å². The van der Waals surface area contributed by atoms with Crippen molar-refractivity contribution < 1.29 is 20.4 Å². The normalized spacial score (nSPS) is 33.8. The lowest BCUT2D eigenvalue weighted by Gasteiger charge is -2.43. The first-order valence-electron chi connectivity index (χ1n) is 6.05. The number of rotatable bonds is 4. The summed E-state index contributed by atoms with van der Waals surface area (Å²) in [6.07, 6.45) is -2.45. The van der Waals surface area contributed by atoms with Gasteiger partial charge in [0.2, 0.25) is 0 Å². The lowest BCUT2D eigenvalue weighted by molar-refractivity contribution is -0.144. The van der Waals surface area contributed by atoms with Crippen molar-refractivity contribution >= 4 is 11.3 Å². The van der Waals surface area contributed by atoms with E-state index < -0.39 is 24.4 Å². The van der Waals surface area contributed by atoms with Crippen LogP contribution in [0.15, 0.2) is 17.5 Å². The fourth-order valence-corrected chi connectivity index (χ4v) is 3.04. The molecular formula is C12H19NO4S. The van der Waals surface area contributed by atoms with Gasteiger partial charge in [0.25, 0.3) is 0 Å². The maximum atomic E-state index is 9.83. The fourth-order valence-electron chi connectivity index (χ4n) is 2.34. The average molecular weight is 273 g/mol. The Hall–Kier alpha value is -0.500. The summed E-state index contributed by atoms with van der Waals surface area (Å²) in [6, 6.07) is 3.50. The molecule has 1 aliphatic rings. The van der Waals surface area contributed by atoms with E-state index in [1.54, 1.807) is 11.3 Å². The zero-order valence-electron chi connectivity index (χ0n) is 10.0. The molecule has 18 heavy (non-hydrogen) atoms. The molecule has 102 valence electrons. The third kappa shape index (κ3) is 2.90. The van der Waals surface area contributed by atoms with Gasteiger partial charge in [0.05, 0.1) is 18.8 Å². The maximum absolute atomic E-state index is 9.83. The second-order valence-electron chi connectivity index (χ2n) is 4.62. The highest BCUT2D eigenvalue weighted by Gasteiger charge is 2.40. The van der Waals surface area contributed by atoms with E-state index in [2.05, 4.69) is 0 Å². The Kier molecular flexibility index (Phi) is 4.71. The zero-order valence-corrected chi connectivity index (χ0v) is 10.8. The number of hydrogen-bond donors (Lipinski definition) is 4. The van der Waals surface area contributed by atoms with E-state index in [1.165, 1.54) is 4.88 Å². The molecule has 5 nitrogen and oxygen atoms in total. The molecule has 1 aliphatic heterocycles. The predicted octanol–water partition coefficient (Wildman–Crippen LogP) is -0.950. The van der Waals surface area contributed by atoms with Crippen molar-refractivity contribution in [2.45, 2.75) is 30.8 Å². The molecule has 6 heteroatoms. The summed E-state index contributed by atoms with van der Waals surface area (Å²) in [5.74, 6) is 0. The Morgan fingerprint density at radius 1 is 1.28 bits per heavy atom.